The molecule has 0 aliphatic rings. The summed E-state index contributed by atoms with van der Waals surface area (Å²) in [5.74, 6) is -1.23. The summed E-state index contributed by atoms with van der Waals surface area (Å²) in [6.45, 7) is 3.49. The highest BCUT2D eigenvalue weighted by Crippen LogP contribution is 2.19. The fourth-order valence-electron chi connectivity index (χ4n) is 1.46. The van der Waals surface area contributed by atoms with Crippen molar-refractivity contribution < 1.29 is 18.3 Å². The van der Waals surface area contributed by atoms with Crippen LogP contribution in [0, 0.1) is 5.92 Å². The van der Waals surface area contributed by atoms with E-state index in [-0.39, 0.29) is 22.0 Å². The van der Waals surface area contributed by atoms with Gasteiger partial charge in [-0.2, -0.15) is 0 Å². The summed E-state index contributed by atoms with van der Waals surface area (Å²) in [6.07, 6.45) is -0.292. The van der Waals surface area contributed by atoms with E-state index in [0.29, 0.717) is 0 Å². The Kier molecular flexibility index (Phi) is 5.04. The lowest BCUT2D eigenvalue weighted by molar-refractivity contribution is -0.137. The third kappa shape index (κ3) is 3.98. The van der Waals surface area contributed by atoms with Crippen molar-refractivity contribution in [1.29, 1.82) is 0 Å². The Bertz CT molecular complexity index is 549. The van der Waals surface area contributed by atoms with E-state index in [1.54, 1.807) is 13.8 Å². The number of rotatable bonds is 6. The van der Waals surface area contributed by atoms with E-state index < -0.39 is 22.0 Å². The highest BCUT2D eigenvalue weighted by atomic mass is 79.9. The number of halogens is 1. The van der Waals surface area contributed by atoms with Gasteiger partial charge >= 0.3 is 5.97 Å². The zero-order valence-corrected chi connectivity index (χ0v) is 13.1. The highest BCUT2D eigenvalue weighted by Gasteiger charge is 2.29. The number of aliphatic carboxylic acids is 1. The molecule has 1 heterocycles. The van der Waals surface area contributed by atoms with E-state index in [1.165, 1.54) is 7.05 Å². The maximum atomic E-state index is 12.2. The summed E-state index contributed by atoms with van der Waals surface area (Å²) in [5.41, 5.74) is 0. The molecule has 1 atom stereocenters. The number of nitrogens with one attached hydrogen (secondary N) is 1. The number of carboxylic acid groups (broad SMARTS) is 1. The van der Waals surface area contributed by atoms with Crippen LogP contribution in [0.25, 0.3) is 0 Å². The maximum Gasteiger partial charge on any atom is 0.304 e. The average molecular weight is 355 g/mol. The van der Waals surface area contributed by atoms with Crippen LogP contribution in [-0.4, -0.2) is 40.5 Å². The van der Waals surface area contributed by atoms with Gasteiger partial charge in [0.15, 0.2) is 4.60 Å². The van der Waals surface area contributed by atoms with Crippen molar-refractivity contribution in [1.82, 2.24) is 19.7 Å². The highest BCUT2D eigenvalue weighted by molar-refractivity contribution is 9.10. The van der Waals surface area contributed by atoms with Crippen LogP contribution in [0.3, 0.4) is 0 Å². The van der Waals surface area contributed by atoms with Gasteiger partial charge < -0.3 is 5.11 Å². The molecule has 19 heavy (non-hydrogen) atoms. The molecule has 1 aromatic rings. The van der Waals surface area contributed by atoms with Crippen molar-refractivity contribution in [3.05, 3.63) is 4.60 Å². The van der Waals surface area contributed by atoms with Crippen LogP contribution in [0.15, 0.2) is 9.63 Å². The monoisotopic (exact) mass is 354 g/mol. The first-order valence-electron chi connectivity index (χ1n) is 5.44. The van der Waals surface area contributed by atoms with Gasteiger partial charge in [-0.3, -0.25) is 4.79 Å². The zero-order chi connectivity index (χ0) is 14.8. The second kappa shape index (κ2) is 5.97. The molecule has 0 saturated heterocycles. The van der Waals surface area contributed by atoms with Crippen LogP contribution in [0.5, 0.6) is 0 Å². The summed E-state index contributed by atoms with van der Waals surface area (Å²) < 4.78 is 27.9. The van der Waals surface area contributed by atoms with Gasteiger partial charge in [0, 0.05) is 13.1 Å². The normalized spacial score (nSPS) is 13.7. The zero-order valence-electron chi connectivity index (χ0n) is 10.7. The van der Waals surface area contributed by atoms with E-state index in [0.717, 1.165) is 4.68 Å². The molecule has 2 N–H and O–H groups in total. The van der Waals surface area contributed by atoms with Crippen LogP contribution < -0.4 is 4.72 Å². The molecule has 0 bridgehead atoms. The maximum absolute atomic E-state index is 12.2. The molecule has 0 amide bonds. The second-order valence-corrected chi connectivity index (χ2v) is 6.76. The predicted molar refractivity (Wildman–Crippen MR) is 69.9 cm³/mol. The van der Waals surface area contributed by atoms with E-state index in [2.05, 4.69) is 31.0 Å². The number of hydrogen-bond donors (Lipinski definition) is 2. The minimum absolute atomic E-state index is 0.0836. The lowest BCUT2D eigenvalue weighted by Crippen LogP contribution is -2.40. The minimum atomic E-state index is -3.89. The molecule has 0 aliphatic heterocycles. The molecule has 0 aromatic carbocycles. The summed E-state index contributed by atoms with van der Waals surface area (Å²) in [6, 6.07) is -0.704. The summed E-state index contributed by atoms with van der Waals surface area (Å²) in [5, 5.41) is 15.8. The first-order valence-corrected chi connectivity index (χ1v) is 7.72. The Morgan fingerprint density at radius 2 is 2.11 bits per heavy atom. The molecule has 1 aromatic heterocycles. The number of aryl methyl sites for hydroxylation is 1. The van der Waals surface area contributed by atoms with Crippen molar-refractivity contribution >= 4 is 31.9 Å². The molecule has 0 spiro atoms. The van der Waals surface area contributed by atoms with Crippen LogP contribution in [0.2, 0.25) is 0 Å². The smallest absolute Gasteiger partial charge is 0.304 e. The van der Waals surface area contributed by atoms with Gasteiger partial charge in [0.2, 0.25) is 5.03 Å². The fourth-order valence-corrected chi connectivity index (χ4v) is 3.94. The van der Waals surface area contributed by atoms with Crippen molar-refractivity contribution in [2.24, 2.45) is 13.0 Å². The SMILES string of the molecule is CC(C)C(CC(=O)O)NS(=O)(=O)c1c(Br)nnn1C. The number of nitrogens with zero attached hydrogens (tertiary/aromatic N) is 3. The quantitative estimate of drug-likeness (QED) is 0.761. The van der Waals surface area contributed by atoms with Gasteiger partial charge in [-0.15, -0.1) is 5.10 Å². The van der Waals surface area contributed by atoms with Crippen molar-refractivity contribution in [3.8, 4) is 0 Å². The molecule has 0 radical (unpaired) electrons. The van der Waals surface area contributed by atoms with E-state index in [9.17, 15) is 13.2 Å². The molecule has 1 rings (SSSR count). The largest absolute Gasteiger partial charge is 0.481 e. The van der Waals surface area contributed by atoms with Crippen molar-refractivity contribution in [2.75, 3.05) is 0 Å². The van der Waals surface area contributed by atoms with Crippen LogP contribution in [-0.2, 0) is 21.9 Å². The number of hydrogen-bond acceptors (Lipinski definition) is 5. The Morgan fingerprint density at radius 1 is 1.53 bits per heavy atom. The number of carbonyl (C=O) groups is 1. The lowest BCUT2D eigenvalue weighted by Gasteiger charge is -2.20. The molecule has 0 saturated carbocycles. The molecule has 10 heteroatoms. The van der Waals surface area contributed by atoms with Crippen LogP contribution in [0.1, 0.15) is 20.3 Å². The Labute approximate surface area is 119 Å². The third-order valence-corrected chi connectivity index (χ3v) is 4.87. The van der Waals surface area contributed by atoms with E-state index in [1.807, 2.05) is 0 Å². The summed E-state index contributed by atoms with van der Waals surface area (Å²) in [7, 11) is -2.45. The van der Waals surface area contributed by atoms with Gasteiger partial charge in [-0.25, -0.2) is 17.8 Å². The summed E-state index contributed by atoms with van der Waals surface area (Å²) >= 11 is 3.00. The molecule has 0 aliphatic carbocycles. The molecular formula is C9H15BrN4O4S. The van der Waals surface area contributed by atoms with Crippen LogP contribution in [0.4, 0.5) is 0 Å². The molecular weight excluding hydrogens is 340 g/mol. The molecule has 108 valence electrons. The van der Waals surface area contributed by atoms with Gasteiger partial charge in [-0.1, -0.05) is 19.1 Å². The van der Waals surface area contributed by atoms with Gasteiger partial charge in [0.25, 0.3) is 10.0 Å². The topological polar surface area (TPSA) is 114 Å². The van der Waals surface area contributed by atoms with Gasteiger partial charge in [0.1, 0.15) is 0 Å². The van der Waals surface area contributed by atoms with Gasteiger partial charge in [0.05, 0.1) is 6.42 Å². The minimum Gasteiger partial charge on any atom is -0.481 e. The number of carboxylic acids is 1. The Morgan fingerprint density at radius 3 is 2.47 bits per heavy atom. The molecule has 1 unspecified atom stereocenters. The first-order chi connectivity index (χ1) is 8.65. The second-order valence-electron chi connectivity index (χ2n) is 4.38. The van der Waals surface area contributed by atoms with E-state index in [4.69, 9.17) is 5.11 Å². The van der Waals surface area contributed by atoms with Gasteiger partial charge in [-0.05, 0) is 21.8 Å². The standard InChI is InChI=1S/C9H15BrN4O4S/c1-5(2)6(4-7(15)16)12-19(17,18)9-8(10)11-13-14(9)3/h5-6,12H,4H2,1-3H3,(H,15,16). The van der Waals surface area contributed by atoms with E-state index >= 15 is 0 Å². The molecule has 0 fully saturated rings. The van der Waals surface area contributed by atoms with Crippen molar-refractivity contribution in [3.63, 3.8) is 0 Å². The Balaban J connectivity index is 3.04. The first kappa shape index (κ1) is 16.1. The predicted octanol–water partition coefficient (Wildman–Crippen LogP) is 0.355. The fraction of sp³-hybridized carbons (Fsp3) is 0.667. The Hall–Kier alpha value is -1.00. The average Bonchev–Trinajstić information content (AvgIpc) is 2.56. The van der Waals surface area contributed by atoms with Crippen molar-refractivity contribution in [2.45, 2.75) is 31.3 Å². The third-order valence-electron chi connectivity index (χ3n) is 2.50. The van der Waals surface area contributed by atoms with Crippen LogP contribution >= 0.6 is 15.9 Å². The number of sulfonamides is 1. The lowest BCUT2D eigenvalue weighted by atomic mass is 10.0. The number of aromatic nitrogens is 3. The summed E-state index contributed by atoms with van der Waals surface area (Å²) in [4.78, 5) is 10.7. The molecule has 8 nitrogen and oxygen atoms in total.